The van der Waals surface area contributed by atoms with E-state index in [9.17, 15) is 4.21 Å². The zero-order valence-electron chi connectivity index (χ0n) is 15.1. The van der Waals surface area contributed by atoms with Gasteiger partial charge in [0.1, 0.15) is 5.75 Å². The van der Waals surface area contributed by atoms with Gasteiger partial charge in [-0.3, -0.25) is 9.20 Å². The van der Waals surface area contributed by atoms with Crippen LogP contribution in [0.15, 0.2) is 64.5 Å². The lowest BCUT2D eigenvalue weighted by molar-refractivity contribution is 0.336. The average molecular weight is 487 g/mol. The first kappa shape index (κ1) is 22.4. The van der Waals surface area contributed by atoms with E-state index in [4.69, 9.17) is 4.74 Å². The van der Waals surface area contributed by atoms with Crippen molar-refractivity contribution < 1.29 is 8.95 Å². The third-order valence-corrected chi connectivity index (χ3v) is 4.90. The van der Waals surface area contributed by atoms with Crippen LogP contribution in [0.2, 0.25) is 0 Å². The molecule has 0 aliphatic rings. The summed E-state index contributed by atoms with van der Waals surface area (Å²) in [5, 5.41) is 6.45. The third kappa shape index (κ3) is 7.33. The van der Waals surface area contributed by atoms with Crippen molar-refractivity contribution in [3.63, 3.8) is 0 Å². The van der Waals surface area contributed by atoms with Gasteiger partial charge in [0.2, 0.25) is 0 Å². The number of halogens is 1. The maximum absolute atomic E-state index is 12.2. The summed E-state index contributed by atoms with van der Waals surface area (Å²) in [4.78, 5) is 5.05. The monoisotopic (exact) mass is 487 g/mol. The molecule has 0 aliphatic heterocycles. The fourth-order valence-electron chi connectivity index (χ4n) is 2.30. The predicted octanol–water partition coefficient (Wildman–Crippen LogP) is 3.18. The van der Waals surface area contributed by atoms with Gasteiger partial charge in [0.15, 0.2) is 5.96 Å². The summed E-state index contributed by atoms with van der Waals surface area (Å²) in [7, 11) is 0.707. The molecule has 2 rings (SSSR count). The summed E-state index contributed by atoms with van der Waals surface area (Å²) in [6.45, 7) is 3.79. The van der Waals surface area contributed by atoms with E-state index >= 15 is 0 Å². The predicted molar refractivity (Wildman–Crippen MR) is 119 cm³/mol. The molecule has 0 spiro atoms. The zero-order chi connectivity index (χ0) is 17.9. The number of hydrogen-bond acceptors (Lipinski definition) is 3. The van der Waals surface area contributed by atoms with Crippen LogP contribution in [0.1, 0.15) is 12.5 Å². The molecule has 142 valence electrons. The second kappa shape index (κ2) is 12.7. The highest BCUT2D eigenvalue weighted by Crippen LogP contribution is 2.17. The van der Waals surface area contributed by atoms with Gasteiger partial charge >= 0.3 is 0 Å². The van der Waals surface area contributed by atoms with E-state index in [0.717, 1.165) is 16.2 Å². The van der Waals surface area contributed by atoms with Gasteiger partial charge in [-0.2, -0.15) is 0 Å². The molecule has 2 aromatic carbocycles. The minimum absolute atomic E-state index is 0. The fraction of sp³-hybridized carbons (Fsp3) is 0.316. The van der Waals surface area contributed by atoms with Crippen LogP contribution in [0, 0.1) is 0 Å². The molecule has 1 atom stereocenters. The minimum atomic E-state index is -1.01. The fourth-order valence-corrected chi connectivity index (χ4v) is 3.28. The van der Waals surface area contributed by atoms with Gasteiger partial charge in [-0.05, 0) is 25.1 Å². The topological polar surface area (TPSA) is 62.7 Å². The number of nitrogens with zero attached hydrogens (tertiary/aromatic N) is 1. The summed E-state index contributed by atoms with van der Waals surface area (Å²) in [5.74, 6) is 2.08. The molecule has 7 heteroatoms. The van der Waals surface area contributed by atoms with Crippen LogP contribution in [-0.2, 0) is 17.3 Å². The Bertz CT molecular complexity index is 711. The molecule has 0 saturated carbocycles. The molecule has 0 amide bonds. The average Bonchev–Trinajstić information content (AvgIpc) is 2.66. The number of benzene rings is 2. The molecule has 0 bridgehead atoms. The summed E-state index contributed by atoms with van der Waals surface area (Å²) < 4.78 is 17.8. The van der Waals surface area contributed by atoms with Gasteiger partial charge in [-0.15, -0.1) is 24.0 Å². The second-order valence-corrected chi connectivity index (χ2v) is 6.83. The van der Waals surface area contributed by atoms with E-state index in [2.05, 4.69) is 15.6 Å². The maximum Gasteiger partial charge on any atom is 0.191 e. The Balaban J connectivity index is 0.00000338. The Labute approximate surface area is 175 Å². The Kier molecular flexibility index (Phi) is 11.0. The number of guanidine groups is 1. The number of hydrogen-bond donors (Lipinski definition) is 2. The van der Waals surface area contributed by atoms with E-state index in [1.807, 2.05) is 61.5 Å². The molecular weight excluding hydrogens is 461 g/mol. The van der Waals surface area contributed by atoms with Crippen molar-refractivity contribution in [3.05, 3.63) is 60.2 Å². The lowest BCUT2D eigenvalue weighted by Gasteiger charge is -2.14. The van der Waals surface area contributed by atoms with Crippen LogP contribution >= 0.6 is 24.0 Å². The van der Waals surface area contributed by atoms with E-state index in [-0.39, 0.29) is 24.0 Å². The van der Waals surface area contributed by atoms with Gasteiger partial charge in [0.25, 0.3) is 0 Å². The Morgan fingerprint density at radius 1 is 1.08 bits per heavy atom. The SMILES string of the molecule is CCOc1ccccc1CNC(=NC)NCCS(=O)c1ccccc1.I. The van der Waals surface area contributed by atoms with Gasteiger partial charge in [-0.25, -0.2) is 0 Å². The van der Waals surface area contributed by atoms with Crippen molar-refractivity contribution in [1.82, 2.24) is 10.6 Å². The summed E-state index contributed by atoms with van der Waals surface area (Å²) in [6.07, 6.45) is 0. The maximum atomic E-state index is 12.2. The minimum Gasteiger partial charge on any atom is -0.494 e. The Morgan fingerprint density at radius 2 is 1.77 bits per heavy atom. The molecule has 1 unspecified atom stereocenters. The first-order valence-electron chi connectivity index (χ1n) is 8.33. The molecule has 0 saturated heterocycles. The third-order valence-electron chi connectivity index (χ3n) is 3.53. The van der Waals surface area contributed by atoms with Gasteiger partial charge in [0.05, 0.1) is 17.4 Å². The number of aliphatic imine (C=N–C) groups is 1. The highest BCUT2D eigenvalue weighted by molar-refractivity contribution is 14.0. The molecular formula is C19H26IN3O2S. The molecule has 5 nitrogen and oxygen atoms in total. The van der Waals surface area contributed by atoms with Crippen LogP contribution < -0.4 is 15.4 Å². The smallest absolute Gasteiger partial charge is 0.191 e. The molecule has 0 radical (unpaired) electrons. The molecule has 0 aromatic heterocycles. The quantitative estimate of drug-likeness (QED) is 0.341. The van der Waals surface area contributed by atoms with Crippen LogP contribution in [0.25, 0.3) is 0 Å². The lowest BCUT2D eigenvalue weighted by atomic mass is 10.2. The van der Waals surface area contributed by atoms with Crippen LogP contribution in [0.5, 0.6) is 5.75 Å². The highest BCUT2D eigenvalue weighted by Gasteiger charge is 2.06. The first-order valence-corrected chi connectivity index (χ1v) is 9.65. The highest BCUT2D eigenvalue weighted by atomic mass is 127. The van der Waals surface area contributed by atoms with E-state index < -0.39 is 10.8 Å². The number of rotatable bonds is 8. The molecule has 0 aliphatic carbocycles. The molecule has 0 heterocycles. The zero-order valence-corrected chi connectivity index (χ0v) is 18.3. The van der Waals surface area contributed by atoms with Crippen molar-refractivity contribution in [2.75, 3.05) is 26.0 Å². The number of para-hydroxylation sites is 1. The molecule has 2 aromatic rings. The van der Waals surface area contributed by atoms with Crippen molar-refractivity contribution in [2.45, 2.75) is 18.4 Å². The van der Waals surface area contributed by atoms with E-state index in [1.165, 1.54) is 0 Å². The van der Waals surface area contributed by atoms with Gasteiger partial charge < -0.3 is 15.4 Å². The molecule has 2 N–H and O–H groups in total. The summed E-state index contributed by atoms with van der Waals surface area (Å²) in [5.41, 5.74) is 1.07. The molecule has 26 heavy (non-hydrogen) atoms. The van der Waals surface area contributed by atoms with Crippen molar-refractivity contribution in [3.8, 4) is 5.75 Å². The van der Waals surface area contributed by atoms with Crippen molar-refractivity contribution in [2.24, 2.45) is 4.99 Å². The Morgan fingerprint density at radius 3 is 2.46 bits per heavy atom. The van der Waals surface area contributed by atoms with E-state index in [0.29, 0.717) is 31.4 Å². The summed E-state index contributed by atoms with van der Waals surface area (Å²) >= 11 is 0. The standard InChI is InChI=1S/C19H25N3O2S.HI/c1-3-24-18-12-8-7-9-16(18)15-22-19(20-2)21-13-14-25(23)17-10-5-4-6-11-17;/h4-12H,3,13-15H2,1-2H3,(H2,20,21,22);1H. The van der Waals surface area contributed by atoms with Gasteiger partial charge in [-0.1, -0.05) is 36.4 Å². The van der Waals surface area contributed by atoms with Crippen LogP contribution in [0.3, 0.4) is 0 Å². The lowest BCUT2D eigenvalue weighted by Crippen LogP contribution is -2.38. The number of nitrogens with one attached hydrogen (secondary N) is 2. The molecule has 0 fully saturated rings. The first-order chi connectivity index (χ1) is 12.2. The van der Waals surface area contributed by atoms with E-state index in [1.54, 1.807) is 7.05 Å². The van der Waals surface area contributed by atoms with Crippen LogP contribution in [-0.4, -0.2) is 36.1 Å². The van der Waals surface area contributed by atoms with Gasteiger partial charge in [0, 0.05) is 36.3 Å². The second-order valence-electron chi connectivity index (χ2n) is 5.26. The van der Waals surface area contributed by atoms with Crippen molar-refractivity contribution in [1.29, 1.82) is 0 Å². The van der Waals surface area contributed by atoms with Crippen LogP contribution in [0.4, 0.5) is 0 Å². The summed E-state index contributed by atoms with van der Waals surface area (Å²) in [6, 6.07) is 17.4. The number of ether oxygens (including phenoxy) is 1. The normalized spacial score (nSPS) is 12.0. The largest absolute Gasteiger partial charge is 0.494 e. The van der Waals surface area contributed by atoms with Crippen molar-refractivity contribution >= 4 is 40.7 Å². The Hall–Kier alpha value is -1.61.